The van der Waals surface area contributed by atoms with Crippen LogP contribution in [-0.4, -0.2) is 33.8 Å². The van der Waals surface area contributed by atoms with E-state index in [2.05, 4.69) is 10.3 Å². The topological polar surface area (TPSA) is 62.3 Å². The van der Waals surface area contributed by atoms with E-state index in [-0.39, 0.29) is 23.9 Å². The van der Waals surface area contributed by atoms with E-state index in [0.29, 0.717) is 18.9 Å². The zero-order valence-corrected chi connectivity index (χ0v) is 13.3. The number of amides is 2. The van der Waals surface area contributed by atoms with Crippen molar-refractivity contribution in [1.29, 1.82) is 0 Å². The number of rotatable bonds is 5. The Balaban J connectivity index is 1.82. The Morgan fingerprint density at radius 1 is 1.43 bits per heavy atom. The first-order valence-electron chi connectivity index (χ1n) is 7.62. The number of carbonyl (C=O) groups excluding carboxylic acids is 2. The average molecular weight is 307 g/mol. The number of aromatic nitrogens is 1. The van der Waals surface area contributed by atoms with Crippen molar-refractivity contribution in [3.05, 3.63) is 16.1 Å². The summed E-state index contributed by atoms with van der Waals surface area (Å²) in [5.74, 6) is 0.412. The molecule has 1 aromatic heterocycles. The first-order valence-corrected chi connectivity index (χ1v) is 8.50. The van der Waals surface area contributed by atoms with E-state index in [1.54, 1.807) is 16.2 Å². The summed E-state index contributed by atoms with van der Waals surface area (Å²) < 4.78 is 0. The zero-order chi connectivity index (χ0) is 15.0. The third-order valence-electron chi connectivity index (χ3n) is 4.15. The van der Waals surface area contributed by atoms with Crippen LogP contribution in [0.15, 0.2) is 5.38 Å². The highest BCUT2D eigenvalue weighted by Gasteiger charge is 2.46. The SMILES string of the molecule is CCCC1C(=O)NC(C2CC2)C(=O)N1Cc1nc(C)cs1. The molecular formula is C15H21N3O2S. The molecule has 0 aromatic carbocycles. The second-order valence-electron chi connectivity index (χ2n) is 5.98. The molecule has 2 aliphatic rings. The molecule has 1 aromatic rings. The van der Waals surface area contributed by atoms with Crippen LogP contribution < -0.4 is 5.32 Å². The van der Waals surface area contributed by atoms with Gasteiger partial charge in [-0.15, -0.1) is 11.3 Å². The number of nitrogens with one attached hydrogen (secondary N) is 1. The summed E-state index contributed by atoms with van der Waals surface area (Å²) >= 11 is 1.56. The highest BCUT2D eigenvalue weighted by molar-refractivity contribution is 7.09. The van der Waals surface area contributed by atoms with Gasteiger partial charge >= 0.3 is 0 Å². The molecule has 1 saturated heterocycles. The van der Waals surface area contributed by atoms with Crippen LogP contribution in [0.1, 0.15) is 43.3 Å². The summed E-state index contributed by atoms with van der Waals surface area (Å²) in [6, 6.07) is -0.659. The molecule has 2 atom stereocenters. The quantitative estimate of drug-likeness (QED) is 0.903. The van der Waals surface area contributed by atoms with Gasteiger partial charge in [0.05, 0.1) is 6.54 Å². The fourth-order valence-electron chi connectivity index (χ4n) is 2.90. The monoisotopic (exact) mass is 307 g/mol. The number of thiazole rings is 1. The lowest BCUT2D eigenvalue weighted by molar-refractivity contribution is -0.151. The molecule has 0 spiro atoms. The first kappa shape index (κ1) is 14.5. The molecule has 1 saturated carbocycles. The van der Waals surface area contributed by atoms with Crippen LogP contribution in [0.2, 0.25) is 0 Å². The van der Waals surface area contributed by atoms with Crippen molar-refractivity contribution in [2.45, 2.75) is 58.2 Å². The second kappa shape index (κ2) is 5.75. The van der Waals surface area contributed by atoms with Gasteiger partial charge in [0.25, 0.3) is 0 Å². The molecule has 6 heteroatoms. The summed E-state index contributed by atoms with van der Waals surface area (Å²) in [7, 11) is 0. The van der Waals surface area contributed by atoms with Crippen LogP contribution in [0.3, 0.4) is 0 Å². The molecule has 2 amide bonds. The number of hydrogen-bond acceptors (Lipinski definition) is 4. The Morgan fingerprint density at radius 3 is 2.76 bits per heavy atom. The molecule has 21 heavy (non-hydrogen) atoms. The Hall–Kier alpha value is -1.43. The molecule has 1 N–H and O–H groups in total. The largest absolute Gasteiger partial charge is 0.342 e. The maximum atomic E-state index is 12.7. The van der Waals surface area contributed by atoms with Crippen molar-refractivity contribution >= 4 is 23.2 Å². The summed E-state index contributed by atoms with van der Waals surface area (Å²) in [6.45, 7) is 4.44. The maximum Gasteiger partial charge on any atom is 0.246 e. The van der Waals surface area contributed by atoms with Crippen molar-refractivity contribution in [2.24, 2.45) is 5.92 Å². The maximum absolute atomic E-state index is 12.7. The number of carbonyl (C=O) groups is 2. The van der Waals surface area contributed by atoms with Crippen LogP contribution >= 0.6 is 11.3 Å². The lowest BCUT2D eigenvalue weighted by Crippen LogP contribution is -2.63. The summed E-state index contributed by atoms with van der Waals surface area (Å²) in [4.78, 5) is 31.3. The standard InChI is InChI=1S/C15H21N3O2S/c1-3-4-11-14(19)17-13(10-5-6-10)15(20)18(11)7-12-16-9(2)8-21-12/h8,10-11,13H,3-7H2,1-2H3,(H,17,19). The lowest BCUT2D eigenvalue weighted by atomic mass is 10.0. The van der Waals surface area contributed by atoms with E-state index >= 15 is 0 Å². The van der Waals surface area contributed by atoms with Crippen LogP contribution in [0.25, 0.3) is 0 Å². The van der Waals surface area contributed by atoms with Gasteiger partial charge in [0.15, 0.2) is 0 Å². The third-order valence-corrected chi connectivity index (χ3v) is 5.10. The van der Waals surface area contributed by atoms with Crippen molar-refractivity contribution in [3.8, 4) is 0 Å². The van der Waals surface area contributed by atoms with Crippen LogP contribution in [-0.2, 0) is 16.1 Å². The van der Waals surface area contributed by atoms with Gasteiger partial charge in [0, 0.05) is 11.1 Å². The molecule has 114 valence electrons. The molecule has 0 radical (unpaired) electrons. The minimum absolute atomic E-state index is 0.00151. The number of aryl methyl sites for hydroxylation is 1. The fourth-order valence-corrected chi connectivity index (χ4v) is 3.67. The number of piperazine rings is 1. The molecule has 2 fully saturated rings. The first-order chi connectivity index (χ1) is 10.1. The summed E-state index contributed by atoms with van der Waals surface area (Å²) in [5, 5.41) is 5.83. The molecule has 5 nitrogen and oxygen atoms in total. The van der Waals surface area contributed by atoms with Gasteiger partial charge in [-0.3, -0.25) is 9.59 Å². The predicted molar refractivity (Wildman–Crippen MR) is 80.8 cm³/mol. The summed E-state index contributed by atoms with van der Waals surface area (Å²) in [5.41, 5.74) is 0.967. The molecule has 1 aliphatic carbocycles. The molecule has 2 heterocycles. The van der Waals surface area contributed by atoms with Crippen molar-refractivity contribution < 1.29 is 9.59 Å². The van der Waals surface area contributed by atoms with E-state index in [0.717, 1.165) is 30.0 Å². The average Bonchev–Trinajstić information content (AvgIpc) is 3.21. The Bertz CT molecular complexity index is 553. The van der Waals surface area contributed by atoms with Crippen LogP contribution in [0.5, 0.6) is 0 Å². The van der Waals surface area contributed by atoms with Gasteiger partial charge < -0.3 is 10.2 Å². The molecule has 0 bridgehead atoms. The van der Waals surface area contributed by atoms with Crippen molar-refractivity contribution in [1.82, 2.24) is 15.2 Å². The van der Waals surface area contributed by atoms with Gasteiger partial charge in [-0.25, -0.2) is 4.98 Å². The predicted octanol–water partition coefficient (Wildman–Crippen LogP) is 1.86. The van der Waals surface area contributed by atoms with Crippen molar-refractivity contribution in [3.63, 3.8) is 0 Å². The van der Waals surface area contributed by atoms with E-state index in [1.807, 2.05) is 19.2 Å². The van der Waals surface area contributed by atoms with Gasteiger partial charge in [-0.05, 0) is 32.1 Å². The zero-order valence-electron chi connectivity index (χ0n) is 12.5. The Morgan fingerprint density at radius 2 is 2.19 bits per heavy atom. The van der Waals surface area contributed by atoms with Gasteiger partial charge in [-0.1, -0.05) is 13.3 Å². The van der Waals surface area contributed by atoms with E-state index in [4.69, 9.17) is 0 Å². The Labute approximate surface area is 128 Å². The minimum atomic E-state index is -0.346. The van der Waals surface area contributed by atoms with E-state index in [9.17, 15) is 9.59 Å². The van der Waals surface area contributed by atoms with Gasteiger partial charge in [-0.2, -0.15) is 0 Å². The normalized spacial score (nSPS) is 26.1. The lowest BCUT2D eigenvalue weighted by Gasteiger charge is -2.38. The second-order valence-corrected chi connectivity index (χ2v) is 6.92. The number of hydrogen-bond donors (Lipinski definition) is 1. The van der Waals surface area contributed by atoms with Gasteiger partial charge in [0.2, 0.25) is 11.8 Å². The van der Waals surface area contributed by atoms with Crippen LogP contribution in [0, 0.1) is 12.8 Å². The fraction of sp³-hybridized carbons (Fsp3) is 0.667. The van der Waals surface area contributed by atoms with Crippen molar-refractivity contribution in [2.75, 3.05) is 0 Å². The highest BCUT2D eigenvalue weighted by atomic mass is 32.1. The van der Waals surface area contributed by atoms with E-state index < -0.39 is 0 Å². The number of nitrogens with zero attached hydrogens (tertiary/aromatic N) is 2. The molecule has 3 rings (SSSR count). The minimum Gasteiger partial charge on any atom is -0.342 e. The third kappa shape index (κ3) is 2.95. The van der Waals surface area contributed by atoms with Gasteiger partial charge in [0.1, 0.15) is 17.1 Å². The van der Waals surface area contributed by atoms with E-state index in [1.165, 1.54) is 0 Å². The Kier molecular flexibility index (Phi) is 3.97. The smallest absolute Gasteiger partial charge is 0.246 e. The molecular weight excluding hydrogens is 286 g/mol. The summed E-state index contributed by atoms with van der Waals surface area (Å²) in [6.07, 6.45) is 3.67. The molecule has 2 unspecified atom stereocenters. The molecule has 1 aliphatic heterocycles. The van der Waals surface area contributed by atoms with Crippen LogP contribution in [0.4, 0.5) is 0 Å². The highest BCUT2D eigenvalue weighted by Crippen LogP contribution is 2.35.